The summed E-state index contributed by atoms with van der Waals surface area (Å²) in [7, 11) is 0. The first-order valence-electron chi connectivity index (χ1n) is 7.12. The van der Waals surface area contributed by atoms with Crippen LogP contribution < -0.4 is 9.47 Å². The Balaban J connectivity index is 1.63. The molecule has 0 bridgehead atoms. The quantitative estimate of drug-likeness (QED) is 0.813. The zero-order valence-electron chi connectivity index (χ0n) is 11.7. The number of carbonyl (C=O) groups is 1. The van der Waals surface area contributed by atoms with Crippen LogP contribution in [0.3, 0.4) is 0 Å². The highest BCUT2D eigenvalue weighted by atomic mass is 16.6. The lowest BCUT2D eigenvalue weighted by molar-refractivity contribution is -0.146. The summed E-state index contributed by atoms with van der Waals surface area (Å²) >= 11 is 0. The number of rotatable bonds is 2. The van der Waals surface area contributed by atoms with Gasteiger partial charge in [0.1, 0.15) is 6.61 Å². The highest BCUT2D eigenvalue weighted by Crippen LogP contribution is 2.31. The van der Waals surface area contributed by atoms with E-state index in [2.05, 4.69) is 0 Å². The predicted molar refractivity (Wildman–Crippen MR) is 74.2 cm³/mol. The van der Waals surface area contributed by atoms with Gasteiger partial charge in [-0.15, -0.1) is 0 Å². The van der Waals surface area contributed by atoms with Gasteiger partial charge in [-0.2, -0.15) is 0 Å². The molecule has 0 spiro atoms. The van der Waals surface area contributed by atoms with Crippen LogP contribution in [0.15, 0.2) is 24.3 Å². The van der Waals surface area contributed by atoms with Crippen LogP contribution >= 0.6 is 0 Å². The number of carbonyl (C=O) groups excluding carboxylic acids is 1. The van der Waals surface area contributed by atoms with Gasteiger partial charge < -0.3 is 24.6 Å². The summed E-state index contributed by atoms with van der Waals surface area (Å²) in [5.74, 6) is 1.09. The normalized spacial score (nSPS) is 23.7. The number of hydrogen-bond acceptors (Lipinski definition) is 5. The van der Waals surface area contributed by atoms with Crippen molar-refractivity contribution in [2.45, 2.75) is 24.5 Å². The molecule has 2 heterocycles. The number of benzene rings is 1. The summed E-state index contributed by atoms with van der Waals surface area (Å²) in [6.07, 6.45) is 0.0962. The van der Waals surface area contributed by atoms with Crippen molar-refractivity contribution >= 4 is 5.91 Å². The molecular formula is C15H19NO5. The molecule has 0 aliphatic carbocycles. The minimum Gasteiger partial charge on any atom is -0.485 e. The third kappa shape index (κ3) is 2.82. The van der Waals surface area contributed by atoms with Crippen LogP contribution in [0.4, 0.5) is 0 Å². The molecule has 0 radical (unpaired) electrons. The molecule has 1 aromatic rings. The number of para-hydroxylation sites is 2. The molecule has 114 valence electrons. The Morgan fingerprint density at radius 2 is 1.95 bits per heavy atom. The summed E-state index contributed by atoms with van der Waals surface area (Å²) < 4.78 is 11.2. The average Bonchev–Trinajstić information content (AvgIpc) is 2.54. The average molecular weight is 293 g/mol. The predicted octanol–water partition coefficient (Wildman–Crippen LogP) is 0.172. The number of likely N-dealkylation sites (tertiary alicyclic amines) is 1. The Labute approximate surface area is 122 Å². The van der Waals surface area contributed by atoms with E-state index in [1.54, 1.807) is 17.0 Å². The standard InChI is InChI=1S/C15H19NO5/c17-10-15(19)5-7-16(8-6-15)14(18)13-9-20-11-3-1-2-4-12(11)21-13/h1-4,13,17,19H,5-10H2/t13-/m0/s1. The molecular weight excluding hydrogens is 274 g/mol. The monoisotopic (exact) mass is 293 g/mol. The van der Waals surface area contributed by atoms with Crippen LogP contribution in [0.25, 0.3) is 0 Å². The fraction of sp³-hybridized carbons (Fsp3) is 0.533. The van der Waals surface area contributed by atoms with Crippen molar-refractivity contribution in [3.05, 3.63) is 24.3 Å². The number of hydrogen-bond donors (Lipinski definition) is 2. The van der Waals surface area contributed by atoms with Gasteiger partial charge in [-0.3, -0.25) is 4.79 Å². The Bertz CT molecular complexity index is 525. The first kappa shape index (κ1) is 14.2. The van der Waals surface area contributed by atoms with Gasteiger partial charge in [-0.1, -0.05) is 12.1 Å². The third-order valence-corrected chi connectivity index (χ3v) is 4.08. The van der Waals surface area contributed by atoms with Gasteiger partial charge >= 0.3 is 0 Å². The fourth-order valence-electron chi connectivity index (χ4n) is 2.65. The largest absolute Gasteiger partial charge is 0.485 e. The number of ether oxygens (including phenoxy) is 2. The number of amides is 1. The molecule has 3 rings (SSSR count). The van der Waals surface area contributed by atoms with E-state index in [1.165, 1.54) is 0 Å². The van der Waals surface area contributed by atoms with Crippen LogP contribution in [0, 0.1) is 0 Å². The van der Waals surface area contributed by atoms with E-state index in [0.29, 0.717) is 37.4 Å². The zero-order chi connectivity index (χ0) is 14.9. The van der Waals surface area contributed by atoms with E-state index in [4.69, 9.17) is 14.6 Å². The third-order valence-electron chi connectivity index (χ3n) is 4.08. The lowest BCUT2D eigenvalue weighted by atomic mass is 9.92. The van der Waals surface area contributed by atoms with E-state index in [9.17, 15) is 9.90 Å². The number of piperidine rings is 1. The van der Waals surface area contributed by atoms with Crippen LogP contribution in [0.2, 0.25) is 0 Å². The van der Waals surface area contributed by atoms with E-state index >= 15 is 0 Å². The zero-order valence-corrected chi connectivity index (χ0v) is 11.7. The first-order chi connectivity index (χ1) is 10.1. The van der Waals surface area contributed by atoms with E-state index in [0.717, 1.165) is 0 Å². The summed E-state index contributed by atoms with van der Waals surface area (Å²) in [5.41, 5.74) is -1.06. The summed E-state index contributed by atoms with van der Waals surface area (Å²) in [5, 5.41) is 19.1. The highest BCUT2D eigenvalue weighted by molar-refractivity contribution is 5.82. The molecule has 1 atom stereocenters. The fourth-order valence-corrected chi connectivity index (χ4v) is 2.65. The van der Waals surface area contributed by atoms with Crippen molar-refractivity contribution in [2.75, 3.05) is 26.3 Å². The number of aliphatic hydroxyl groups excluding tert-OH is 1. The molecule has 21 heavy (non-hydrogen) atoms. The number of aliphatic hydroxyl groups is 2. The van der Waals surface area contributed by atoms with Crippen LogP contribution in [0.1, 0.15) is 12.8 Å². The van der Waals surface area contributed by atoms with Crippen LogP contribution in [0.5, 0.6) is 11.5 Å². The number of nitrogens with zero attached hydrogens (tertiary/aromatic N) is 1. The molecule has 0 aromatic heterocycles. The second-order valence-electron chi connectivity index (χ2n) is 5.57. The Hall–Kier alpha value is -1.79. The van der Waals surface area contributed by atoms with Gasteiger partial charge in [-0.05, 0) is 25.0 Å². The molecule has 1 fully saturated rings. The Morgan fingerprint density at radius 1 is 1.29 bits per heavy atom. The van der Waals surface area contributed by atoms with Crippen molar-refractivity contribution < 1.29 is 24.5 Å². The number of fused-ring (bicyclic) bond motifs is 1. The summed E-state index contributed by atoms with van der Waals surface area (Å²) in [4.78, 5) is 14.1. The van der Waals surface area contributed by atoms with Crippen molar-refractivity contribution in [3.63, 3.8) is 0 Å². The van der Waals surface area contributed by atoms with E-state index < -0.39 is 11.7 Å². The van der Waals surface area contributed by atoms with Gasteiger partial charge in [0, 0.05) is 13.1 Å². The maximum atomic E-state index is 12.4. The molecule has 2 N–H and O–H groups in total. The molecule has 6 nitrogen and oxygen atoms in total. The topological polar surface area (TPSA) is 79.2 Å². The maximum Gasteiger partial charge on any atom is 0.267 e. The molecule has 2 aliphatic rings. The minimum absolute atomic E-state index is 0.135. The second kappa shape index (κ2) is 5.54. The van der Waals surface area contributed by atoms with E-state index in [-0.39, 0.29) is 19.1 Å². The van der Waals surface area contributed by atoms with Crippen molar-refractivity contribution in [1.82, 2.24) is 4.90 Å². The molecule has 1 aromatic carbocycles. The lowest BCUT2D eigenvalue weighted by Gasteiger charge is -2.38. The molecule has 1 saturated heterocycles. The Kier molecular flexibility index (Phi) is 3.73. The van der Waals surface area contributed by atoms with Crippen LogP contribution in [-0.2, 0) is 4.79 Å². The second-order valence-corrected chi connectivity index (χ2v) is 5.57. The maximum absolute atomic E-state index is 12.4. The summed E-state index contributed by atoms with van der Waals surface area (Å²) in [6, 6.07) is 7.26. The van der Waals surface area contributed by atoms with Gasteiger partial charge in [0.15, 0.2) is 11.5 Å². The van der Waals surface area contributed by atoms with Gasteiger partial charge in [-0.25, -0.2) is 0 Å². The van der Waals surface area contributed by atoms with E-state index in [1.807, 2.05) is 12.1 Å². The Morgan fingerprint density at radius 3 is 2.62 bits per heavy atom. The molecule has 2 aliphatic heterocycles. The van der Waals surface area contributed by atoms with Crippen molar-refractivity contribution in [2.24, 2.45) is 0 Å². The SMILES string of the molecule is O=C([C@@H]1COc2ccccc2O1)N1CCC(O)(CO)CC1. The van der Waals surface area contributed by atoms with Crippen LogP contribution in [-0.4, -0.2) is 59.0 Å². The van der Waals surface area contributed by atoms with Crippen molar-refractivity contribution in [3.8, 4) is 11.5 Å². The van der Waals surface area contributed by atoms with Gasteiger partial charge in [0.2, 0.25) is 6.10 Å². The van der Waals surface area contributed by atoms with Gasteiger partial charge in [0.25, 0.3) is 5.91 Å². The lowest BCUT2D eigenvalue weighted by Crippen LogP contribution is -2.53. The summed E-state index contributed by atoms with van der Waals surface area (Å²) in [6.45, 7) is 0.747. The molecule has 1 amide bonds. The molecule has 0 unspecified atom stereocenters. The highest BCUT2D eigenvalue weighted by Gasteiger charge is 2.37. The van der Waals surface area contributed by atoms with Crippen molar-refractivity contribution in [1.29, 1.82) is 0 Å². The van der Waals surface area contributed by atoms with Gasteiger partial charge in [0.05, 0.1) is 12.2 Å². The molecule has 6 heteroatoms. The first-order valence-corrected chi connectivity index (χ1v) is 7.12. The minimum atomic E-state index is -1.06. The smallest absolute Gasteiger partial charge is 0.267 e. The molecule has 0 saturated carbocycles.